The molecule has 84 valence electrons. The quantitative estimate of drug-likeness (QED) is 0.776. The molecular formula is C12H14N2O2. The first-order valence-electron chi connectivity index (χ1n) is 4.87. The first kappa shape index (κ1) is 12.1. The molecule has 0 heterocycles. The average Bonchev–Trinajstić information content (AvgIpc) is 2.30. The van der Waals surface area contributed by atoms with Crippen LogP contribution in [0.2, 0.25) is 0 Å². The zero-order chi connectivity index (χ0) is 12.1. The summed E-state index contributed by atoms with van der Waals surface area (Å²) in [5.74, 6) is 0.458. The van der Waals surface area contributed by atoms with Gasteiger partial charge in [-0.2, -0.15) is 5.26 Å². The minimum Gasteiger partial charge on any atom is -0.496 e. The Balaban J connectivity index is 3.14. The number of ether oxygens (including phenoxy) is 1. The Bertz CT molecular complexity index is 423. The minimum atomic E-state index is -0.617. The van der Waals surface area contributed by atoms with Crippen molar-refractivity contribution in [1.29, 1.82) is 5.26 Å². The van der Waals surface area contributed by atoms with Crippen molar-refractivity contribution in [3.05, 3.63) is 29.8 Å². The number of methoxy groups -OCH3 is 1. The Labute approximate surface area is 95.0 Å². The molecule has 1 atom stereocenters. The molecule has 4 heteroatoms. The lowest BCUT2D eigenvalue weighted by Crippen LogP contribution is -2.28. The molecule has 0 radical (unpaired) electrons. The van der Waals surface area contributed by atoms with Crippen LogP contribution in [0.1, 0.15) is 18.5 Å². The van der Waals surface area contributed by atoms with E-state index in [2.05, 4.69) is 6.07 Å². The van der Waals surface area contributed by atoms with E-state index in [1.54, 1.807) is 26.3 Å². The van der Waals surface area contributed by atoms with Gasteiger partial charge in [0.1, 0.15) is 11.8 Å². The van der Waals surface area contributed by atoms with Crippen LogP contribution in [0.3, 0.4) is 0 Å². The van der Waals surface area contributed by atoms with Crippen molar-refractivity contribution in [3.63, 3.8) is 0 Å². The molecule has 0 saturated heterocycles. The molecule has 0 aliphatic rings. The first-order valence-corrected chi connectivity index (χ1v) is 4.87. The SMILES string of the molecule is COc1ccccc1C(C#N)N(C)C(C)=O. The Morgan fingerprint density at radius 3 is 2.62 bits per heavy atom. The monoisotopic (exact) mass is 218 g/mol. The fourth-order valence-electron chi connectivity index (χ4n) is 1.44. The number of hydrogen-bond acceptors (Lipinski definition) is 3. The highest BCUT2D eigenvalue weighted by Crippen LogP contribution is 2.27. The van der Waals surface area contributed by atoms with Crippen LogP contribution in [-0.4, -0.2) is 25.0 Å². The number of carbonyl (C=O) groups excluding carboxylic acids is 1. The Morgan fingerprint density at radius 2 is 2.12 bits per heavy atom. The summed E-state index contributed by atoms with van der Waals surface area (Å²) < 4.78 is 5.17. The van der Waals surface area contributed by atoms with Crippen molar-refractivity contribution in [2.45, 2.75) is 13.0 Å². The number of nitriles is 1. The van der Waals surface area contributed by atoms with Gasteiger partial charge in [0.05, 0.1) is 13.2 Å². The van der Waals surface area contributed by atoms with Gasteiger partial charge in [-0.05, 0) is 6.07 Å². The zero-order valence-electron chi connectivity index (χ0n) is 9.60. The number of hydrogen-bond donors (Lipinski definition) is 0. The van der Waals surface area contributed by atoms with Gasteiger partial charge in [-0.1, -0.05) is 18.2 Å². The maximum Gasteiger partial charge on any atom is 0.220 e. The predicted molar refractivity (Wildman–Crippen MR) is 59.8 cm³/mol. The molecule has 1 amide bonds. The number of para-hydroxylation sites is 1. The Hall–Kier alpha value is -2.02. The van der Waals surface area contributed by atoms with E-state index in [9.17, 15) is 4.79 Å². The van der Waals surface area contributed by atoms with Crippen LogP contribution in [0.5, 0.6) is 5.75 Å². The number of benzene rings is 1. The summed E-state index contributed by atoms with van der Waals surface area (Å²) in [5, 5.41) is 9.12. The molecule has 0 aliphatic carbocycles. The summed E-state index contributed by atoms with van der Waals surface area (Å²) >= 11 is 0. The standard InChI is InChI=1S/C12H14N2O2/c1-9(15)14(2)11(8-13)10-6-4-5-7-12(10)16-3/h4-7,11H,1-3H3. The highest BCUT2D eigenvalue weighted by Gasteiger charge is 2.21. The molecule has 0 aromatic heterocycles. The average molecular weight is 218 g/mol. The van der Waals surface area contributed by atoms with Crippen molar-refractivity contribution in [2.24, 2.45) is 0 Å². The second-order valence-corrected chi connectivity index (χ2v) is 3.40. The molecule has 0 bridgehead atoms. The summed E-state index contributed by atoms with van der Waals surface area (Å²) in [5.41, 5.74) is 0.699. The number of carbonyl (C=O) groups is 1. The van der Waals surface area contributed by atoms with E-state index < -0.39 is 6.04 Å². The van der Waals surface area contributed by atoms with Gasteiger partial charge in [0.15, 0.2) is 0 Å². The lowest BCUT2D eigenvalue weighted by molar-refractivity contribution is -0.128. The molecule has 1 aromatic rings. The van der Waals surface area contributed by atoms with Crippen LogP contribution < -0.4 is 4.74 Å². The largest absolute Gasteiger partial charge is 0.496 e. The summed E-state index contributed by atoms with van der Waals surface area (Å²) in [7, 11) is 3.14. The normalized spacial score (nSPS) is 11.4. The van der Waals surface area contributed by atoms with Crippen LogP contribution >= 0.6 is 0 Å². The lowest BCUT2D eigenvalue weighted by atomic mass is 10.1. The van der Waals surface area contributed by atoms with Gasteiger partial charge in [0.2, 0.25) is 5.91 Å². The van der Waals surface area contributed by atoms with Gasteiger partial charge in [-0.3, -0.25) is 4.79 Å². The van der Waals surface area contributed by atoms with E-state index in [0.717, 1.165) is 0 Å². The smallest absolute Gasteiger partial charge is 0.220 e. The fraction of sp³-hybridized carbons (Fsp3) is 0.333. The number of rotatable bonds is 3. The van der Waals surface area contributed by atoms with Crippen molar-refractivity contribution in [2.75, 3.05) is 14.2 Å². The second-order valence-electron chi connectivity index (χ2n) is 3.40. The van der Waals surface area contributed by atoms with Crippen molar-refractivity contribution < 1.29 is 9.53 Å². The maximum absolute atomic E-state index is 11.3. The second kappa shape index (κ2) is 5.17. The number of amides is 1. The van der Waals surface area contributed by atoms with Gasteiger partial charge < -0.3 is 9.64 Å². The van der Waals surface area contributed by atoms with Crippen molar-refractivity contribution >= 4 is 5.91 Å². The fourth-order valence-corrected chi connectivity index (χ4v) is 1.44. The van der Waals surface area contributed by atoms with E-state index in [1.165, 1.54) is 11.8 Å². The third-order valence-corrected chi connectivity index (χ3v) is 2.44. The molecule has 0 spiro atoms. The summed E-state index contributed by atoms with van der Waals surface area (Å²) in [6.07, 6.45) is 0. The third kappa shape index (κ3) is 2.31. The zero-order valence-corrected chi connectivity index (χ0v) is 9.60. The van der Waals surface area contributed by atoms with E-state index in [4.69, 9.17) is 10.00 Å². The third-order valence-electron chi connectivity index (χ3n) is 2.44. The highest BCUT2D eigenvalue weighted by atomic mass is 16.5. The first-order chi connectivity index (χ1) is 7.61. The van der Waals surface area contributed by atoms with Gasteiger partial charge in [0.25, 0.3) is 0 Å². The molecular weight excluding hydrogens is 204 g/mol. The molecule has 4 nitrogen and oxygen atoms in total. The lowest BCUT2D eigenvalue weighted by Gasteiger charge is -2.22. The van der Waals surface area contributed by atoms with Gasteiger partial charge >= 0.3 is 0 Å². The molecule has 1 rings (SSSR count). The Kier molecular flexibility index (Phi) is 3.90. The van der Waals surface area contributed by atoms with Gasteiger partial charge in [-0.15, -0.1) is 0 Å². The molecule has 16 heavy (non-hydrogen) atoms. The van der Waals surface area contributed by atoms with E-state index in [0.29, 0.717) is 11.3 Å². The van der Waals surface area contributed by atoms with Crippen LogP contribution in [0, 0.1) is 11.3 Å². The van der Waals surface area contributed by atoms with E-state index in [-0.39, 0.29) is 5.91 Å². The van der Waals surface area contributed by atoms with Gasteiger partial charge in [0, 0.05) is 19.5 Å². The molecule has 1 unspecified atom stereocenters. The number of nitrogens with zero attached hydrogens (tertiary/aromatic N) is 2. The molecule has 0 fully saturated rings. The summed E-state index contributed by atoms with van der Waals surface area (Å²) in [4.78, 5) is 12.6. The van der Waals surface area contributed by atoms with Gasteiger partial charge in [-0.25, -0.2) is 0 Å². The van der Waals surface area contributed by atoms with Crippen molar-refractivity contribution in [1.82, 2.24) is 4.90 Å². The van der Waals surface area contributed by atoms with Crippen LogP contribution in [0.25, 0.3) is 0 Å². The molecule has 0 aliphatic heterocycles. The van der Waals surface area contributed by atoms with E-state index >= 15 is 0 Å². The Morgan fingerprint density at radius 1 is 1.50 bits per heavy atom. The minimum absolute atomic E-state index is 0.155. The summed E-state index contributed by atoms with van der Waals surface area (Å²) in [6, 6.07) is 8.68. The van der Waals surface area contributed by atoms with Crippen LogP contribution in [0.4, 0.5) is 0 Å². The maximum atomic E-state index is 11.3. The molecule has 1 aromatic carbocycles. The molecule has 0 N–H and O–H groups in total. The summed E-state index contributed by atoms with van der Waals surface area (Å²) in [6.45, 7) is 1.43. The topological polar surface area (TPSA) is 53.3 Å². The highest BCUT2D eigenvalue weighted by molar-refractivity contribution is 5.74. The molecule has 0 saturated carbocycles. The van der Waals surface area contributed by atoms with Crippen LogP contribution in [0.15, 0.2) is 24.3 Å². The van der Waals surface area contributed by atoms with E-state index in [1.807, 2.05) is 12.1 Å². The predicted octanol–water partition coefficient (Wildman–Crippen LogP) is 1.74. The van der Waals surface area contributed by atoms with Crippen molar-refractivity contribution in [3.8, 4) is 11.8 Å². The van der Waals surface area contributed by atoms with Crippen LogP contribution in [-0.2, 0) is 4.79 Å².